The van der Waals surface area contributed by atoms with Crippen LogP contribution in [0.15, 0.2) is 39.1 Å². The second kappa shape index (κ2) is 5.09. The highest BCUT2D eigenvalue weighted by molar-refractivity contribution is 5.99. The summed E-state index contributed by atoms with van der Waals surface area (Å²) in [5.41, 5.74) is 13.4. The first-order valence-corrected chi connectivity index (χ1v) is 5.18. The number of anilines is 1. The van der Waals surface area contributed by atoms with Gasteiger partial charge >= 0.3 is 0 Å². The van der Waals surface area contributed by atoms with Gasteiger partial charge in [0.1, 0.15) is 0 Å². The zero-order valence-electron chi connectivity index (χ0n) is 9.74. The Bertz CT molecular complexity index is 584. The molecule has 0 atom stereocenters. The summed E-state index contributed by atoms with van der Waals surface area (Å²) in [4.78, 5) is 0. The molecule has 0 spiro atoms. The Balaban J connectivity index is 2.11. The fourth-order valence-electron chi connectivity index (χ4n) is 1.23. The van der Waals surface area contributed by atoms with Crippen molar-refractivity contribution in [1.29, 1.82) is 0 Å². The van der Waals surface area contributed by atoms with Gasteiger partial charge in [0.05, 0.1) is 6.21 Å². The molecular formula is C11H12N6O. The van der Waals surface area contributed by atoms with Gasteiger partial charge in [-0.1, -0.05) is 29.8 Å². The second-order valence-corrected chi connectivity index (χ2v) is 3.64. The van der Waals surface area contributed by atoms with Crippen molar-refractivity contribution < 1.29 is 4.63 Å². The minimum Gasteiger partial charge on any atom is -0.380 e. The van der Waals surface area contributed by atoms with Crippen LogP contribution in [0.2, 0.25) is 0 Å². The van der Waals surface area contributed by atoms with Crippen LogP contribution in [-0.4, -0.2) is 22.4 Å². The summed E-state index contributed by atoms with van der Waals surface area (Å²) >= 11 is 0. The molecule has 0 aliphatic rings. The van der Waals surface area contributed by atoms with Gasteiger partial charge in [0.15, 0.2) is 17.3 Å². The van der Waals surface area contributed by atoms with E-state index in [2.05, 4.69) is 25.1 Å². The van der Waals surface area contributed by atoms with Crippen LogP contribution in [0.3, 0.4) is 0 Å². The molecule has 7 nitrogen and oxygen atoms in total. The molecule has 4 N–H and O–H groups in total. The number of nitrogens with zero attached hydrogens (tertiary/aromatic N) is 4. The van der Waals surface area contributed by atoms with E-state index in [1.165, 1.54) is 5.56 Å². The predicted octanol–water partition coefficient (Wildman–Crippen LogP) is 0.700. The molecule has 0 aliphatic carbocycles. The summed E-state index contributed by atoms with van der Waals surface area (Å²) in [7, 11) is 0. The zero-order chi connectivity index (χ0) is 13.0. The van der Waals surface area contributed by atoms with Gasteiger partial charge in [0.2, 0.25) is 0 Å². The van der Waals surface area contributed by atoms with Gasteiger partial charge in [-0.05, 0) is 22.8 Å². The molecule has 0 saturated heterocycles. The fraction of sp³-hybridized carbons (Fsp3) is 0.0909. The molecule has 1 aromatic heterocycles. The lowest BCUT2D eigenvalue weighted by Gasteiger charge is -1.93. The van der Waals surface area contributed by atoms with Crippen LogP contribution < -0.4 is 11.5 Å². The maximum atomic E-state index is 5.62. The largest absolute Gasteiger partial charge is 0.380 e. The third kappa shape index (κ3) is 2.70. The summed E-state index contributed by atoms with van der Waals surface area (Å²) in [6.45, 7) is 2.01. The first-order chi connectivity index (χ1) is 8.66. The topological polar surface area (TPSA) is 116 Å². The Labute approximate surface area is 103 Å². The normalized spacial score (nSPS) is 12.2. The third-order valence-corrected chi connectivity index (χ3v) is 2.21. The van der Waals surface area contributed by atoms with Crippen molar-refractivity contribution in [1.82, 2.24) is 10.3 Å². The number of rotatable bonds is 3. The van der Waals surface area contributed by atoms with E-state index in [-0.39, 0.29) is 17.3 Å². The standard InChI is InChI=1S/C11H12N6O/c1-7-2-4-8(5-3-7)6-14-15-10(12)9-11(13)17-18-16-9/h2-6H,1H3,(H2,12,15)(H2,13,17). The SMILES string of the molecule is Cc1ccc(C=NN=C(N)c2nonc2N)cc1. The molecule has 18 heavy (non-hydrogen) atoms. The number of nitrogens with two attached hydrogens (primary N) is 2. The van der Waals surface area contributed by atoms with Crippen molar-refractivity contribution in [3.63, 3.8) is 0 Å². The van der Waals surface area contributed by atoms with Crippen LogP contribution in [0.25, 0.3) is 0 Å². The first kappa shape index (κ1) is 11.8. The number of aryl methyl sites for hydroxylation is 1. The summed E-state index contributed by atoms with van der Waals surface area (Å²) in [5.74, 6) is 0.138. The Kier molecular flexibility index (Phi) is 3.33. The molecule has 0 unspecified atom stereocenters. The second-order valence-electron chi connectivity index (χ2n) is 3.64. The van der Waals surface area contributed by atoms with E-state index in [1.54, 1.807) is 6.21 Å². The molecule has 2 aromatic rings. The van der Waals surface area contributed by atoms with E-state index in [4.69, 9.17) is 11.5 Å². The van der Waals surface area contributed by atoms with Crippen molar-refractivity contribution in [3.8, 4) is 0 Å². The summed E-state index contributed by atoms with van der Waals surface area (Å²) in [6, 6.07) is 7.81. The number of nitrogen functional groups attached to an aromatic ring is 1. The molecule has 92 valence electrons. The maximum Gasteiger partial charge on any atom is 0.199 e. The molecule has 0 aliphatic heterocycles. The van der Waals surface area contributed by atoms with Crippen LogP contribution in [0.5, 0.6) is 0 Å². The average molecular weight is 244 g/mol. The van der Waals surface area contributed by atoms with Crippen LogP contribution >= 0.6 is 0 Å². The van der Waals surface area contributed by atoms with Crippen molar-refractivity contribution in [2.75, 3.05) is 5.73 Å². The maximum absolute atomic E-state index is 5.62. The summed E-state index contributed by atoms with van der Waals surface area (Å²) < 4.78 is 4.41. The zero-order valence-corrected chi connectivity index (χ0v) is 9.74. The highest BCUT2D eigenvalue weighted by Crippen LogP contribution is 2.03. The predicted molar refractivity (Wildman–Crippen MR) is 68.2 cm³/mol. The van der Waals surface area contributed by atoms with Gasteiger partial charge in [-0.15, -0.1) is 5.10 Å². The van der Waals surface area contributed by atoms with E-state index in [0.29, 0.717) is 0 Å². The lowest BCUT2D eigenvalue weighted by Crippen LogP contribution is -2.15. The van der Waals surface area contributed by atoms with Gasteiger partial charge < -0.3 is 11.5 Å². The highest BCUT2D eigenvalue weighted by Gasteiger charge is 2.09. The van der Waals surface area contributed by atoms with Gasteiger partial charge in [-0.2, -0.15) is 5.10 Å². The van der Waals surface area contributed by atoms with E-state index < -0.39 is 0 Å². The number of hydrogen-bond donors (Lipinski definition) is 2. The molecular weight excluding hydrogens is 232 g/mol. The lowest BCUT2D eigenvalue weighted by atomic mass is 10.2. The van der Waals surface area contributed by atoms with Gasteiger partial charge in [-0.3, -0.25) is 0 Å². The third-order valence-electron chi connectivity index (χ3n) is 2.21. The Morgan fingerprint density at radius 1 is 1.28 bits per heavy atom. The fourth-order valence-corrected chi connectivity index (χ4v) is 1.23. The number of aromatic nitrogens is 2. The lowest BCUT2D eigenvalue weighted by molar-refractivity contribution is 0.308. The molecule has 1 heterocycles. The molecule has 1 aromatic carbocycles. The average Bonchev–Trinajstić information content (AvgIpc) is 2.78. The highest BCUT2D eigenvalue weighted by atomic mass is 16.6. The minimum atomic E-state index is 0.0529. The van der Waals surface area contributed by atoms with E-state index in [9.17, 15) is 0 Å². The number of benzene rings is 1. The quantitative estimate of drug-likeness (QED) is 0.468. The first-order valence-electron chi connectivity index (χ1n) is 5.18. The molecule has 0 bridgehead atoms. The van der Waals surface area contributed by atoms with E-state index in [0.717, 1.165) is 5.56 Å². The molecule has 0 saturated carbocycles. The van der Waals surface area contributed by atoms with Gasteiger partial charge in [-0.25, -0.2) is 4.63 Å². The molecule has 0 fully saturated rings. The van der Waals surface area contributed by atoms with Crippen LogP contribution in [-0.2, 0) is 0 Å². The van der Waals surface area contributed by atoms with Crippen molar-refractivity contribution in [2.45, 2.75) is 6.92 Å². The van der Waals surface area contributed by atoms with Gasteiger partial charge in [0.25, 0.3) is 0 Å². The molecule has 7 heteroatoms. The van der Waals surface area contributed by atoms with Crippen molar-refractivity contribution >= 4 is 17.9 Å². The van der Waals surface area contributed by atoms with Gasteiger partial charge in [0, 0.05) is 0 Å². The molecule has 0 amide bonds. The number of hydrogen-bond acceptors (Lipinski definition) is 6. The number of amidine groups is 1. The van der Waals surface area contributed by atoms with E-state index >= 15 is 0 Å². The summed E-state index contributed by atoms with van der Waals surface area (Å²) in [5, 5.41) is 14.5. The smallest absolute Gasteiger partial charge is 0.199 e. The Hall–Kier alpha value is -2.70. The Morgan fingerprint density at radius 2 is 2.00 bits per heavy atom. The summed E-state index contributed by atoms with van der Waals surface area (Å²) in [6.07, 6.45) is 1.58. The monoisotopic (exact) mass is 244 g/mol. The van der Waals surface area contributed by atoms with Crippen LogP contribution in [0.1, 0.15) is 16.8 Å². The Morgan fingerprint density at radius 3 is 2.61 bits per heavy atom. The molecule has 0 radical (unpaired) electrons. The molecule has 2 rings (SSSR count). The van der Waals surface area contributed by atoms with E-state index in [1.807, 2.05) is 31.2 Å². The van der Waals surface area contributed by atoms with Crippen LogP contribution in [0, 0.1) is 6.92 Å². The minimum absolute atomic E-state index is 0.0529. The van der Waals surface area contributed by atoms with Crippen LogP contribution in [0.4, 0.5) is 5.82 Å². The van der Waals surface area contributed by atoms with Crippen molar-refractivity contribution in [3.05, 3.63) is 41.1 Å². The van der Waals surface area contributed by atoms with Crippen molar-refractivity contribution in [2.24, 2.45) is 15.9 Å².